The number of hydrogen-bond acceptors (Lipinski definition) is 9. The Bertz CT molecular complexity index is 1100. The summed E-state index contributed by atoms with van der Waals surface area (Å²) < 4.78 is 21.5. The van der Waals surface area contributed by atoms with Gasteiger partial charge in [0.15, 0.2) is 23.9 Å². The van der Waals surface area contributed by atoms with Gasteiger partial charge in [-0.05, 0) is 17.7 Å². The summed E-state index contributed by atoms with van der Waals surface area (Å²) in [5.41, 5.74) is 10.9. The van der Waals surface area contributed by atoms with Crippen LogP contribution in [0.3, 0.4) is 0 Å². The van der Waals surface area contributed by atoms with E-state index in [0.717, 1.165) is 6.07 Å². The highest BCUT2D eigenvalue weighted by molar-refractivity contribution is 5.75. The first-order valence-corrected chi connectivity index (χ1v) is 8.34. The maximum absolute atomic E-state index is 12.3. The summed E-state index contributed by atoms with van der Waals surface area (Å²) in [6, 6.07) is 7.71. The first-order chi connectivity index (χ1) is 13.9. The van der Waals surface area contributed by atoms with Crippen molar-refractivity contribution in [2.75, 3.05) is 13.7 Å². The van der Waals surface area contributed by atoms with Crippen LogP contribution in [0.25, 0.3) is 0 Å². The van der Waals surface area contributed by atoms with E-state index < -0.39 is 23.9 Å². The number of aliphatic hydroxyl groups excluding tert-OH is 1. The Morgan fingerprint density at radius 3 is 2.72 bits per heavy atom. The van der Waals surface area contributed by atoms with E-state index in [0.29, 0.717) is 5.56 Å². The summed E-state index contributed by atoms with van der Waals surface area (Å²) in [4.78, 5) is 23.3. The average molecular weight is 399 g/mol. The number of methoxy groups -OCH3 is 1. The number of nitrogens with two attached hydrogens (primary N) is 2. The lowest BCUT2D eigenvalue weighted by Crippen LogP contribution is -2.25. The highest BCUT2D eigenvalue weighted by Crippen LogP contribution is 2.43. The van der Waals surface area contributed by atoms with E-state index in [1.54, 1.807) is 12.1 Å². The van der Waals surface area contributed by atoms with Crippen molar-refractivity contribution < 1.29 is 28.5 Å². The minimum atomic E-state index is -0.887. The van der Waals surface area contributed by atoms with Gasteiger partial charge in [-0.1, -0.05) is 6.07 Å². The Labute approximate surface area is 164 Å². The summed E-state index contributed by atoms with van der Waals surface area (Å²) in [6.45, 7) is -0.861. The summed E-state index contributed by atoms with van der Waals surface area (Å²) >= 11 is 0. The Balaban J connectivity index is 2.16. The maximum Gasteiger partial charge on any atom is 0.255 e. The molecule has 0 fully saturated rings. The van der Waals surface area contributed by atoms with Gasteiger partial charge >= 0.3 is 0 Å². The van der Waals surface area contributed by atoms with Gasteiger partial charge in [0.05, 0.1) is 13.0 Å². The predicted molar refractivity (Wildman–Crippen MR) is 97.9 cm³/mol. The Kier molecular flexibility index (Phi) is 5.43. The van der Waals surface area contributed by atoms with Crippen LogP contribution in [0.1, 0.15) is 23.0 Å². The number of ether oxygens (including phenoxy) is 3. The molecule has 1 amide bonds. The molecule has 0 saturated heterocycles. The van der Waals surface area contributed by atoms with Crippen molar-refractivity contribution in [2.24, 2.45) is 11.5 Å². The number of allylic oxidation sites excluding steroid dienone is 1. The molecule has 1 aromatic carbocycles. The molecule has 29 heavy (non-hydrogen) atoms. The monoisotopic (exact) mass is 399 g/mol. The van der Waals surface area contributed by atoms with E-state index in [2.05, 4.69) is 0 Å². The summed E-state index contributed by atoms with van der Waals surface area (Å²) in [7, 11) is 1.40. The molecule has 2 heterocycles. The molecule has 0 bridgehead atoms. The molecule has 0 unspecified atom stereocenters. The van der Waals surface area contributed by atoms with Gasteiger partial charge in [-0.2, -0.15) is 5.26 Å². The quantitative estimate of drug-likeness (QED) is 0.614. The van der Waals surface area contributed by atoms with Gasteiger partial charge in [0.25, 0.3) is 5.91 Å². The maximum atomic E-state index is 12.3. The van der Waals surface area contributed by atoms with Crippen LogP contribution in [-0.2, 0) is 11.4 Å². The van der Waals surface area contributed by atoms with Crippen LogP contribution in [-0.4, -0.2) is 24.7 Å². The number of nitriles is 1. The van der Waals surface area contributed by atoms with Gasteiger partial charge in [0.2, 0.25) is 17.1 Å². The molecule has 150 valence electrons. The van der Waals surface area contributed by atoms with Crippen molar-refractivity contribution in [2.45, 2.75) is 12.5 Å². The highest BCUT2D eigenvalue weighted by Gasteiger charge is 2.35. The smallest absolute Gasteiger partial charge is 0.255 e. The third-order valence-electron chi connectivity index (χ3n) is 4.18. The second-order valence-electron chi connectivity index (χ2n) is 6.02. The molecule has 10 nitrogen and oxygen atoms in total. The fourth-order valence-electron chi connectivity index (χ4n) is 2.93. The van der Waals surface area contributed by atoms with Crippen LogP contribution in [0.5, 0.6) is 17.2 Å². The lowest BCUT2D eigenvalue weighted by atomic mass is 9.87. The third-order valence-corrected chi connectivity index (χ3v) is 4.18. The second-order valence-corrected chi connectivity index (χ2v) is 6.02. The fourth-order valence-corrected chi connectivity index (χ4v) is 2.93. The van der Waals surface area contributed by atoms with Crippen molar-refractivity contribution in [3.05, 3.63) is 63.0 Å². The van der Waals surface area contributed by atoms with Gasteiger partial charge in [-0.25, -0.2) is 0 Å². The zero-order valence-electron chi connectivity index (χ0n) is 15.3. The number of nitrogens with zero attached hydrogens (tertiary/aromatic N) is 1. The predicted octanol–water partition coefficient (Wildman–Crippen LogP) is 0.223. The van der Waals surface area contributed by atoms with E-state index in [4.69, 9.17) is 30.1 Å². The molecule has 2 aromatic rings. The summed E-state index contributed by atoms with van der Waals surface area (Å²) in [6.07, 6.45) is 0. The molecule has 3 rings (SSSR count). The van der Waals surface area contributed by atoms with Crippen molar-refractivity contribution in [1.82, 2.24) is 0 Å². The van der Waals surface area contributed by atoms with Crippen LogP contribution in [0.2, 0.25) is 0 Å². The lowest BCUT2D eigenvalue weighted by molar-refractivity contribution is -0.119. The summed E-state index contributed by atoms with van der Waals surface area (Å²) in [5, 5.41) is 19.0. The normalized spacial score (nSPS) is 15.1. The Hall–Kier alpha value is -3.97. The highest BCUT2D eigenvalue weighted by atomic mass is 16.5. The number of rotatable bonds is 6. The molecule has 0 spiro atoms. The Morgan fingerprint density at radius 2 is 2.10 bits per heavy atom. The first kappa shape index (κ1) is 19.8. The standard InChI is InChI=1S/C19H17N3O7/c1-26-14-4-9(2-3-13(14)27-8-15(21)25)16-11(6-20)19(22)29-17-12(24)5-10(7-23)28-18(16)17/h2-5,16,23H,7-8,22H2,1H3,(H2,21,25)/t16-/m0/s1. The van der Waals surface area contributed by atoms with Crippen LogP contribution < -0.4 is 31.1 Å². The van der Waals surface area contributed by atoms with Crippen molar-refractivity contribution in [3.8, 4) is 23.3 Å². The topological polar surface area (TPSA) is 171 Å². The van der Waals surface area contributed by atoms with Crippen LogP contribution in [0.15, 0.2) is 44.9 Å². The van der Waals surface area contributed by atoms with Crippen molar-refractivity contribution in [1.29, 1.82) is 5.26 Å². The number of benzene rings is 1. The number of carbonyl (C=O) groups excluding carboxylic acids is 1. The van der Waals surface area contributed by atoms with E-state index >= 15 is 0 Å². The minimum absolute atomic E-state index is 0.00786. The molecule has 0 radical (unpaired) electrons. The van der Waals surface area contributed by atoms with Crippen molar-refractivity contribution >= 4 is 5.91 Å². The zero-order chi connectivity index (χ0) is 21.1. The number of fused-ring (bicyclic) bond motifs is 1. The van der Waals surface area contributed by atoms with Gasteiger partial charge in [-0.3, -0.25) is 9.59 Å². The molecule has 1 aliphatic heterocycles. The first-order valence-electron chi connectivity index (χ1n) is 8.34. The molecule has 0 saturated carbocycles. The molecule has 5 N–H and O–H groups in total. The number of amides is 1. The molecule has 1 aliphatic rings. The number of hydrogen-bond donors (Lipinski definition) is 3. The molecular weight excluding hydrogens is 382 g/mol. The van der Waals surface area contributed by atoms with Crippen LogP contribution in [0.4, 0.5) is 0 Å². The molecule has 10 heteroatoms. The largest absolute Gasteiger partial charge is 0.493 e. The molecule has 1 atom stereocenters. The second kappa shape index (κ2) is 7.95. The van der Waals surface area contributed by atoms with Gasteiger partial charge < -0.3 is 35.2 Å². The summed E-state index contributed by atoms with van der Waals surface area (Å²) in [5.74, 6) is -1.40. The number of primary amides is 1. The van der Waals surface area contributed by atoms with E-state index in [1.807, 2.05) is 6.07 Å². The van der Waals surface area contributed by atoms with Crippen LogP contribution >= 0.6 is 0 Å². The molecular formula is C19H17N3O7. The molecule has 0 aliphatic carbocycles. The Morgan fingerprint density at radius 1 is 1.34 bits per heavy atom. The van der Waals surface area contributed by atoms with Gasteiger partial charge in [-0.15, -0.1) is 0 Å². The third kappa shape index (κ3) is 3.71. The minimum Gasteiger partial charge on any atom is -0.493 e. The molecule has 1 aromatic heterocycles. The van der Waals surface area contributed by atoms with Gasteiger partial charge in [0, 0.05) is 6.07 Å². The fraction of sp³-hybridized carbons (Fsp3) is 0.211. The zero-order valence-corrected chi connectivity index (χ0v) is 15.3. The van der Waals surface area contributed by atoms with Crippen molar-refractivity contribution in [3.63, 3.8) is 0 Å². The van der Waals surface area contributed by atoms with E-state index in [-0.39, 0.29) is 46.8 Å². The van der Waals surface area contributed by atoms with Crippen LogP contribution in [0, 0.1) is 11.3 Å². The average Bonchev–Trinajstić information content (AvgIpc) is 2.71. The lowest BCUT2D eigenvalue weighted by Gasteiger charge is -2.25. The van der Waals surface area contributed by atoms with Gasteiger partial charge in [0.1, 0.15) is 24.0 Å². The van der Waals surface area contributed by atoms with E-state index in [1.165, 1.54) is 13.2 Å². The van der Waals surface area contributed by atoms with E-state index in [9.17, 15) is 20.0 Å². The SMILES string of the molecule is COc1cc([C@H]2C(C#N)=C(N)Oc3c2oc(CO)cc3=O)ccc1OCC(N)=O. The number of aliphatic hydroxyl groups is 1. The number of carbonyl (C=O) groups is 1.